The Balaban J connectivity index is 1.26. The molecular weight excluding hydrogens is 438 g/mol. The van der Waals surface area contributed by atoms with Crippen molar-refractivity contribution in [2.24, 2.45) is 5.10 Å². The molecule has 0 bridgehead atoms. The molecule has 0 aliphatic carbocycles. The highest BCUT2D eigenvalue weighted by Gasteiger charge is 2.13. The van der Waals surface area contributed by atoms with Crippen LogP contribution in [0.1, 0.15) is 28.8 Å². The SMILES string of the molecule is O=C(Cn1cc(/C=N\NC(=O)c2ccc(N3CCCC3)cc2)c2ccccc21)Nc1ccccc1. The largest absolute Gasteiger partial charge is 0.372 e. The van der Waals surface area contributed by atoms with E-state index in [4.69, 9.17) is 0 Å². The monoisotopic (exact) mass is 465 g/mol. The Morgan fingerprint density at radius 2 is 1.60 bits per heavy atom. The summed E-state index contributed by atoms with van der Waals surface area (Å²) in [5.41, 5.74) is 6.81. The highest BCUT2D eigenvalue weighted by Crippen LogP contribution is 2.21. The lowest BCUT2D eigenvalue weighted by Crippen LogP contribution is -2.19. The van der Waals surface area contributed by atoms with Gasteiger partial charge in [-0.1, -0.05) is 36.4 Å². The van der Waals surface area contributed by atoms with Gasteiger partial charge in [0.25, 0.3) is 5.91 Å². The van der Waals surface area contributed by atoms with E-state index in [1.165, 1.54) is 12.8 Å². The van der Waals surface area contributed by atoms with Crippen molar-refractivity contribution >= 4 is 40.3 Å². The molecule has 35 heavy (non-hydrogen) atoms. The van der Waals surface area contributed by atoms with Crippen molar-refractivity contribution in [1.29, 1.82) is 0 Å². The topological polar surface area (TPSA) is 78.7 Å². The van der Waals surface area contributed by atoms with Gasteiger partial charge in [0.05, 0.1) is 6.21 Å². The first-order valence-electron chi connectivity index (χ1n) is 11.8. The van der Waals surface area contributed by atoms with Gasteiger partial charge in [-0.2, -0.15) is 5.10 Å². The summed E-state index contributed by atoms with van der Waals surface area (Å²) < 4.78 is 1.88. The number of hydrogen-bond donors (Lipinski definition) is 2. The Kier molecular flexibility index (Phi) is 6.57. The van der Waals surface area contributed by atoms with Crippen LogP contribution in [0.3, 0.4) is 0 Å². The molecule has 0 spiro atoms. The molecule has 3 aromatic carbocycles. The second-order valence-electron chi connectivity index (χ2n) is 8.58. The van der Waals surface area contributed by atoms with Gasteiger partial charge in [-0.05, 0) is 55.3 Å². The molecule has 0 atom stereocenters. The third-order valence-corrected chi connectivity index (χ3v) is 6.16. The van der Waals surface area contributed by atoms with Gasteiger partial charge in [-0.3, -0.25) is 9.59 Å². The molecule has 0 saturated carbocycles. The van der Waals surface area contributed by atoms with Crippen molar-refractivity contribution in [1.82, 2.24) is 9.99 Å². The van der Waals surface area contributed by atoms with E-state index in [2.05, 4.69) is 20.7 Å². The minimum absolute atomic E-state index is 0.119. The molecule has 5 rings (SSSR count). The number of aromatic nitrogens is 1. The normalized spacial score (nSPS) is 13.4. The molecule has 7 nitrogen and oxygen atoms in total. The van der Waals surface area contributed by atoms with E-state index >= 15 is 0 Å². The molecule has 2 amide bonds. The quantitative estimate of drug-likeness (QED) is 0.308. The fourth-order valence-corrected chi connectivity index (χ4v) is 4.41. The number of para-hydroxylation sites is 2. The van der Waals surface area contributed by atoms with Gasteiger partial charge in [0, 0.05) is 52.7 Å². The molecule has 0 unspecified atom stereocenters. The number of carbonyl (C=O) groups is 2. The standard InChI is InChI=1S/C28H27N5O2/c34-27(30-23-8-2-1-3-9-23)20-33-19-22(25-10-4-5-11-26(25)33)18-29-31-28(35)21-12-14-24(15-13-21)32-16-6-7-17-32/h1-5,8-15,18-19H,6-7,16-17,20H2,(H,30,34)(H,31,35)/b29-18-. The van der Waals surface area contributed by atoms with Crippen LogP contribution in [-0.4, -0.2) is 35.7 Å². The zero-order chi connectivity index (χ0) is 24.0. The zero-order valence-electron chi connectivity index (χ0n) is 19.4. The summed E-state index contributed by atoms with van der Waals surface area (Å²) in [5.74, 6) is -0.383. The Labute approximate surface area is 204 Å². The maximum absolute atomic E-state index is 12.6. The first kappa shape index (κ1) is 22.4. The van der Waals surface area contributed by atoms with Crippen molar-refractivity contribution in [2.75, 3.05) is 23.3 Å². The molecule has 2 heterocycles. The van der Waals surface area contributed by atoms with Crippen molar-refractivity contribution in [3.63, 3.8) is 0 Å². The van der Waals surface area contributed by atoms with E-state index < -0.39 is 0 Å². The van der Waals surface area contributed by atoms with Crippen molar-refractivity contribution in [2.45, 2.75) is 19.4 Å². The molecule has 176 valence electrons. The molecule has 0 radical (unpaired) electrons. The molecule has 2 N–H and O–H groups in total. The van der Waals surface area contributed by atoms with Gasteiger partial charge in [0.15, 0.2) is 0 Å². The summed E-state index contributed by atoms with van der Waals surface area (Å²) in [7, 11) is 0. The number of carbonyl (C=O) groups excluding carboxylic acids is 2. The molecule has 1 saturated heterocycles. The molecule has 1 aliphatic rings. The number of amides is 2. The van der Waals surface area contributed by atoms with E-state index in [0.717, 1.165) is 40.9 Å². The van der Waals surface area contributed by atoms with Gasteiger partial charge in [0.2, 0.25) is 5.91 Å². The number of rotatable bonds is 7. The van der Waals surface area contributed by atoms with Crippen LogP contribution in [-0.2, 0) is 11.3 Å². The average molecular weight is 466 g/mol. The average Bonchev–Trinajstić information content (AvgIpc) is 3.54. The Morgan fingerprint density at radius 1 is 0.886 bits per heavy atom. The minimum Gasteiger partial charge on any atom is -0.372 e. The molecule has 1 aliphatic heterocycles. The van der Waals surface area contributed by atoms with Crippen LogP contribution in [0, 0.1) is 0 Å². The van der Waals surface area contributed by atoms with Crippen molar-refractivity contribution < 1.29 is 9.59 Å². The van der Waals surface area contributed by atoms with E-state index in [1.807, 2.05) is 89.6 Å². The highest BCUT2D eigenvalue weighted by atomic mass is 16.2. The van der Waals surface area contributed by atoms with Gasteiger partial charge in [0.1, 0.15) is 6.54 Å². The molecule has 1 fully saturated rings. The number of benzene rings is 3. The van der Waals surface area contributed by atoms with Crippen LogP contribution in [0.15, 0.2) is 90.2 Å². The second kappa shape index (κ2) is 10.3. The summed E-state index contributed by atoms with van der Waals surface area (Å²) in [6.07, 6.45) is 5.91. The van der Waals surface area contributed by atoms with Crippen molar-refractivity contribution in [3.8, 4) is 0 Å². The summed E-state index contributed by atoms with van der Waals surface area (Å²) in [6, 6.07) is 24.8. The van der Waals surface area contributed by atoms with Crippen LogP contribution >= 0.6 is 0 Å². The van der Waals surface area contributed by atoms with Crippen LogP contribution < -0.4 is 15.6 Å². The zero-order valence-corrected chi connectivity index (χ0v) is 19.4. The van der Waals surface area contributed by atoms with Crippen LogP contribution in [0.2, 0.25) is 0 Å². The smallest absolute Gasteiger partial charge is 0.271 e. The Hall–Kier alpha value is -4.39. The number of fused-ring (bicyclic) bond motifs is 1. The molecule has 7 heteroatoms. The number of anilines is 2. The number of nitrogens with zero attached hydrogens (tertiary/aromatic N) is 3. The van der Waals surface area contributed by atoms with E-state index in [1.54, 1.807) is 6.21 Å². The minimum atomic E-state index is -0.264. The first-order chi connectivity index (χ1) is 17.2. The van der Waals surface area contributed by atoms with Gasteiger partial charge in [-0.15, -0.1) is 0 Å². The van der Waals surface area contributed by atoms with Crippen LogP contribution in [0.4, 0.5) is 11.4 Å². The van der Waals surface area contributed by atoms with Crippen molar-refractivity contribution in [3.05, 3.63) is 96.2 Å². The van der Waals surface area contributed by atoms with Gasteiger partial charge in [-0.25, -0.2) is 5.43 Å². The lowest BCUT2D eigenvalue weighted by molar-refractivity contribution is -0.116. The lowest BCUT2D eigenvalue weighted by atomic mass is 10.2. The second-order valence-corrected chi connectivity index (χ2v) is 8.58. The summed E-state index contributed by atoms with van der Waals surface area (Å²) in [6.45, 7) is 2.30. The predicted molar refractivity (Wildman–Crippen MR) is 140 cm³/mol. The van der Waals surface area contributed by atoms with Gasteiger partial charge >= 0.3 is 0 Å². The fraction of sp³-hybridized carbons (Fsp3) is 0.179. The van der Waals surface area contributed by atoms with E-state index in [0.29, 0.717) is 5.56 Å². The molecule has 1 aromatic heterocycles. The first-order valence-corrected chi connectivity index (χ1v) is 11.8. The summed E-state index contributed by atoms with van der Waals surface area (Å²) >= 11 is 0. The molecule has 4 aromatic rings. The number of hydrazone groups is 1. The van der Waals surface area contributed by atoms with E-state index in [9.17, 15) is 9.59 Å². The number of hydrogen-bond acceptors (Lipinski definition) is 4. The third kappa shape index (κ3) is 5.24. The summed E-state index contributed by atoms with van der Waals surface area (Å²) in [4.78, 5) is 27.5. The lowest BCUT2D eigenvalue weighted by Gasteiger charge is -2.17. The summed E-state index contributed by atoms with van der Waals surface area (Å²) in [5, 5.41) is 8.04. The fourth-order valence-electron chi connectivity index (χ4n) is 4.41. The molecular formula is C28H27N5O2. The van der Waals surface area contributed by atoms with Gasteiger partial charge < -0.3 is 14.8 Å². The van der Waals surface area contributed by atoms with E-state index in [-0.39, 0.29) is 18.4 Å². The predicted octanol–water partition coefficient (Wildman–Crippen LogP) is 4.64. The van der Waals surface area contributed by atoms with Crippen LogP contribution in [0.5, 0.6) is 0 Å². The highest BCUT2D eigenvalue weighted by molar-refractivity contribution is 6.01. The third-order valence-electron chi connectivity index (χ3n) is 6.16. The number of nitrogens with one attached hydrogen (secondary N) is 2. The van der Waals surface area contributed by atoms with Crippen LogP contribution in [0.25, 0.3) is 10.9 Å². The maximum atomic E-state index is 12.6. The Morgan fingerprint density at radius 3 is 2.37 bits per heavy atom. The Bertz CT molecular complexity index is 1350. The maximum Gasteiger partial charge on any atom is 0.271 e.